The molecule has 2 aromatic heterocycles. The molecule has 0 spiro atoms. The SMILES string of the molecule is COC(=O)c1cc(OC)c(CNc2cc(C)ccn2)cn1. The molecule has 0 fully saturated rings. The van der Waals surface area contributed by atoms with E-state index in [0.29, 0.717) is 12.3 Å². The first-order valence-corrected chi connectivity index (χ1v) is 6.41. The number of carbonyl (C=O) groups excluding carboxylic acids is 1. The zero-order chi connectivity index (χ0) is 15.2. The lowest BCUT2D eigenvalue weighted by Crippen LogP contribution is -2.08. The second-order valence-electron chi connectivity index (χ2n) is 4.44. The topological polar surface area (TPSA) is 73.3 Å². The highest BCUT2D eigenvalue weighted by atomic mass is 16.5. The summed E-state index contributed by atoms with van der Waals surface area (Å²) in [4.78, 5) is 19.7. The van der Waals surface area contributed by atoms with Gasteiger partial charge in [-0.25, -0.2) is 14.8 Å². The van der Waals surface area contributed by atoms with Gasteiger partial charge in [-0.3, -0.25) is 0 Å². The molecule has 2 heterocycles. The predicted molar refractivity (Wildman–Crippen MR) is 78.4 cm³/mol. The molecule has 6 nitrogen and oxygen atoms in total. The molecule has 0 unspecified atom stereocenters. The van der Waals surface area contributed by atoms with E-state index in [1.54, 1.807) is 25.6 Å². The summed E-state index contributed by atoms with van der Waals surface area (Å²) in [6, 6.07) is 5.44. The summed E-state index contributed by atoms with van der Waals surface area (Å²) < 4.78 is 9.92. The molecule has 0 aliphatic rings. The van der Waals surface area contributed by atoms with Crippen molar-refractivity contribution in [1.82, 2.24) is 9.97 Å². The molecule has 0 aromatic carbocycles. The van der Waals surface area contributed by atoms with Crippen molar-refractivity contribution in [2.24, 2.45) is 0 Å². The highest BCUT2D eigenvalue weighted by Crippen LogP contribution is 2.20. The van der Waals surface area contributed by atoms with Crippen molar-refractivity contribution in [2.75, 3.05) is 19.5 Å². The molecule has 0 aliphatic heterocycles. The van der Waals surface area contributed by atoms with E-state index in [9.17, 15) is 4.79 Å². The van der Waals surface area contributed by atoms with Crippen molar-refractivity contribution >= 4 is 11.8 Å². The van der Waals surface area contributed by atoms with E-state index in [1.807, 2.05) is 19.1 Å². The molecule has 0 saturated carbocycles. The molecular formula is C15H17N3O3. The van der Waals surface area contributed by atoms with E-state index in [4.69, 9.17) is 4.74 Å². The van der Waals surface area contributed by atoms with Crippen LogP contribution in [0.1, 0.15) is 21.6 Å². The van der Waals surface area contributed by atoms with Crippen LogP contribution in [0, 0.1) is 6.92 Å². The molecule has 0 saturated heterocycles. The number of hydrogen-bond acceptors (Lipinski definition) is 6. The van der Waals surface area contributed by atoms with Crippen molar-refractivity contribution in [2.45, 2.75) is 13.5 Å². The van der Waals surface area contributed by atoms with Crippen LogP contribution in [0.15, 0.2) is 30.6 Å². The molecule has 0 amide bonds. The first-order chi connectivity index (χ1) is 10.1. The van der Waals surface area contributed by atoms with Gasteiger partial charge in [-0.15, -0.1) is 0 Å². The van der Waals surface area contributed by atoms with E-state index in [2.05, 4.69) is 20.0 Å². The third kappa shape index (κ3) is 3.68. The van der Waals surface area contributed by atoms with Crippen LogP contribution in [-0.2, 0) is 11.3 Å². The fourth-order valence-electron chi connectivity index (χ4n) is 1.82. The number of rotatable bonds is 5. The molecule has 0 atom stereocenters. The Morgan fingerprint density at radius 1 is 1.29 bits per heavy atom. The first kappa shape index (κ1) is 14.8. The van der Waals surface area contributed by atoms with Gasteiger partial charge in [0.05, 0.1) is 14.2 Å². The Morgan fingerprint density at radius 2 is 2.10 bits per heavy atom. The number of aromatic nitrogens is 2. The molecule has 0 radical (unpaired) electrons. The fraction of sp³-hybridized carbons (Fsp3) is 0.267. The molecule has 21 heavy (non-hydrogen) atoms. The Balaban J connectivity index is 2.14. The smallest absolute Gasteiger partial charge is 0.356 e. The second kappa shape index (κ2) is 6.69. The van der Waals surface area contributed by atoms with Crippen molar-refractivity contribution in [1.29, 1.82) is 0 Å². The normalized spacial score (nSPS) is 10.0. The summed E-state index contributed by atoms with van der Waals surface area (Å²) in [5, 5.41) is 3.19. The number of methoxy groups -OCH3 is 2. The quantitative estimate of drug-likeness (QED) is 0.850. The molecule has 1 N–H and O–H groups in total. The molecule has 2 rings (SSSR count). The minimum absolute atomic E-state index is 0.215. The summed E-state index contributed by atoms with van der Waals surface area (Å²) in [6.45, 7) is 2.49. The summed E-state index contributed by atoms with van der Waals surface area (Å²) in [5.41, 5.74) is 2.17. The zero-order valence-electron chi connectivity index (χ0n) is 12.2. The fourth-order valence-corrected chi connectivity index (χ4v) is 1.82. The van der Waals surface area contributed by atoms with E-state index in [0.717, 1.165) is 16.9 Å². The number of nitrogens with one attached hydrogen (secondary N) is 1. The Labute approximate surface area is 123 Å². The average Bonchev–Trinajstić information content (AvgIpc) is 2.52. The highest BCUT2D eigenvalue weighted by molar-refractivity contribution is 5.87. The third-order valence-electron chi connectivity index (χ3n) is 2.93. The Hall–Kier alpha value is -2.63. The number of ether oxygens (including phenoxy) is 2. The largest absolute Gasteiger partial charge is 0.496 e. The minimum Gasteiger partial charge on any atom is -0.496 e. The third-order valence-corrected chi connectivity index (χ3v) is 2.93. The van der Waals surface area contributed by atoms with Crippen molar-refractivity contribution in [3.8, 4) is 5.75 Å². The van der Waals surface area contributed by atoms with Gasteiger partial charge in [-0.2, -0.15) is 0 Å². The van der Waals surface area contributed by atoms with Crippen molar-refractivity contribution in [3.63, 3.8) is 0 Å². The van der Waals surface area contributed by atoms with Crippen LogP contribution in [0.5, 0.6) is 5.75 Å². The van der Waals surface area contributed by atoms with E-state index >= 15 is 0 Å². The number of carbonyl (C=O) groups is 1. The van der Waals surface area contributed by atoms with Gasteiger partial charge in [0.15, 0.2) is 5.69 Å². The first-order valence-electron chi connectivity index (χ1n) is 6.41. The molecule has 110 valence electrons. The maximum Gasteiger partial charge on any atom is 0.356 e. The molecular weight excluding hydrogens is 270 g/mol. The number of aryl methyl sites for hydroxylation is 1. The van der Waals surface area contributed by atoms with Gasteiger partial charge in [0, 0.05) is 30.6 Å². The summed E-state index contributed by atoms with van der Waals surface area (Å²) in [6.07, 6.45) is 3.33. The molecule has 2 aromatic rings. The monoisotopic (exact) mass is 287 g/mol. The number of nitrogens with zero attached hydrogens (tertiary/aromatic N) is 2. The number of anilines is 1. The minimum atomic E-state index is -0.492. The van der Waals surface area contributed by atoms with Crippen molar-refractivity contribution in [3.05, 3.63) is 47.4 Å². The maximum atomic E-state index is 11.4. The van der Waals surface area contributed by atoms with Gasteiger partial charge in [-0.05, 0) is 24.6 Å². The van der Waals surface area contributed by atoms with Gasteiger partial charge in [0.2, 0.25) is 0 Å². The van der Waals surface area contributed by atoms with E-state index in [-0.39, 0.29) is 5.69 Å². The number of esters is 1. The van der Waals surface area contributed by atoms with E-state index < -0.39 is 5.97 Å². The Bertz CT molecular complexity index is 644. The summed E-state index contributed by atoms with van der Waals surface area (Å²) >= 11 is 0. The molecule has 6 heteroatoms. The van der Waals surface area contributed by atoms with Crippen LogP contribution in [0.25, 0.3) is 0 Å². The number of pyridine rings is 2. The lowest BCUT2D eigenvalue weighted by Gasteiger charge is -2.11. The summed E-state index contributed by atoms with van der Waals surface area (Å²) in [7, 11) is 2.86. The van der Waals surface area contributed by atoms with Gasteiger partial charge in [0.1, 0.15) is 11.6 Å². The highest BCUT2D eigenvalue weighted by Gasteiger charge is 2.12. The number of hydrogen-bond donors (Lipinski definition) is 1. The van der Waals surface area contributed by atoms with Crippen molar-refractivity contribution < 1.29 is 14.3 Å². The van der Waals surface area contributed by atoms with Crippen LogP contribution >= 0.6 is 0 Å². The Kier molecular flexibility index (Phi) is 4.71. The second-order valence-corrected chi connectivity index (χ2v) is 4.44. The maximum absolute atomic E-state index is 11.4. The van der Waals surface area contributed by atoms with Gasteiger partial charge in [0.25, 0.3) is 0 Å². The predicted octanol–water partition coefficient (Wildman–Crippen LogP) is 2.19. The zero-order valence-corrected chi connectivity index (χ0v) is 12.2. The van der Waals surface area contributed by atoms with Gasteiger partial charge in [-0.1, -0.05) is 0 Å². The van der Waals surface area contributed by atoms with Crippen LogP contribution in [0.3, 0.4) is 0 Å². The van der Waals surface area contributed by atoms with Crippen LogP contribution < -0.4 is 10.1 Å². The molecule has 0 aliphatic carbocycles. The lowest BCUT2D eigenvalue weighted by molar-refractivity contribution is 0.0593. The summed E-state index contributed by atoms with van der Waals surface area (Å²) in [5.74, 6) is 0.854. The lowest BCUT2D eigenvalue weighted by atomic mass is 10.2. The molecule has 0 bridgehead atoms. The average molecular weight is 287 g/mol. The Morgan fingerprint density at radius 3 is 2.76 bits per heavy atom. The van der Waals surface area contributed by atoms with E-state index in [1.165, 1.54) is 7.11 Å². The van der Waals surface area contributed by atoms with Gasteiger partial charge < -0.3 is 14.8 Å². The standard InChI is InChI=1S/C15H17N3O3/c1-10-4-5-16-14(6-10)18-9-11-8-17-12(15(19)21-3)7-13(11)20-2/h4-8H,9H2,1-3H3,(H,16,18). The van der Waals surface area contributed by atoms with Crippen LogP contribution in [-0.4, -0.2) is 30.2 Å². The van der Waals surface area contributed by atoms with Crippen LogP contribution in [0.4, 0.5) is 5.82 Å². The van der Waals surface area contributed by atoms with Gasteiger partial charge >= 0.3 is 5.97 Å². The van der Waals surface area contributed by atoms with Crippen LogP contribution in [0.2, 0.25) is 0 Å².